The molecule has 0 bridgehead atoms. The molecule has 23 heteroatoms. The normalized spacial score (nSPS) is 15.2. The minimum Gasteiger partial charge on any atom is -0.394 e. The van der Waals surface area contributed by atoms with Crippen LogP contribution in [0.25, 0.3) is 22.1 Å². The van der Waals surface area contributed by atoms with E-state index in [1.807, 2.05) is 36.4 Å². The minimum absolute atomic E-state index is 0.00662. The van der Waals surface area contributed by atoms with E-state index >= 15 is 0 Å². The van der Waals surface area contributed by atoms with Crippen molar-refractivity contribution in [3.63, 3.8) is 0 Å². The molecule has 5 N–H and O–H groups in total. The predicted octanol–water partition coefficient (Wildman–Crippen LogP) is 5.39. The summed E-state index contributed by atoms with van der Waals surface area (Å²) in [5.41, 5.74) is 3.62. The number of pyridine rings is 1. The number of ether oxygens (including phenoxy) is 2. The van der Waals surface area contributed by atoms with E-state index in [-0.39, 0.29) is 30.8 Å². The first-order valence-corrected chi connectivity index (χ1v) is 28.6. The summed E-state index contributed by atoms with van der Waals surface area (Å²) in [6, 6.07) is 23.4. The van der Waals surface area contributed by atoms with E-state index in [4.69, 9.17) is 19.4 Å². The van der Waals surface area contributed by atoms with Gasteiger partial charge in [0.05, 0.1) is 98.9 Å². The number of nitrogens with zero attached hydrogens (tertiary/aromatic N) is 9. The van der Waals surface area contributed by atoms with Gasteiger partial charge in [-0.3, -0.25) is 38.6 Å². The molecule has 3 fully saturated rings. The number of rotatable bonds is 17. The molecule has 0 unspecified atom stereocenters. The highest BCUT2D eigenvalue weighted by atomic mass is 19.2. The lowest BCUT2D eigenvalue weighted by Crippen LogP contribution is -2.53. The Hall–Kier alpha value is -9.36. The van der Waals surface area contributed by atoms with Crippen LogP contribution < -0.4 is 32.4 Å². The monoisotopic (exact) mass is 1180 g/mol. The van der Waals surface area contributed by atoms with Gasteiger partial charge in [0.15, 0.2) is 11.6 Å². The topological polar surface area (TPSA) is 236 Å². The largest absolute Gasteiger partial charge is 0.394 e. The Morgan fingerprint density at radius 3 is 1.93 bits per heavy atom. The zero-order chi connectivity index (χ0) is 60.7. The average molecular weight is 1180 g/mol. The molecule has 20 nitrogen and oxygen atoms in total. The second kappa shape index (κ2) is 29.2. The number of aliphatic hydroxyl groups is 1. The van der Waals surface area contributed by atoms with Crippen LogP contribution in [0.2, 0.25) is 0 Å². The molecule has 3 aliphatic rings. The van der Waals surface area contributed by atoms with Crippen molar-refractivity contribution in [3.05, 3.63) is 194 Å². The third-order valence-electron chi connectivity index (χ3n) is 15.2. The second-order valence-electron chi connectivity index (χ2n) is 21.2. The molecular formula is C64H64F3N13O7. The van der Waals surface area contributed by atoms with Gasteiger partial charge < -0.3 is 45.3 Å². The highest BCUT2D eigenvalue weighted by molar-refractivity contribution is 5.94. The molecular weight excluding hydrogens is 1120 g/mol. The smallest absolute Gasteiger partial charge is 0.266 e. The number of aromatic nitrogens is 7. The number of hydrogen-bond acceptors (Lipinski definition) is 16. The summed E-state index contributed by atoms with van der Waals surface area (Å²) in [6.07, 6.45) is 11.5. The van der Waals surface area contributed by atoms with Gasteiger partial charge in [0, 0.05) is 75.4 Å². The summed E-state index contributed by atoms with van der Waals surface area (Å²) in [7, 11) is 1.72. The van der Waals surface area contributed by atoms with Crippen molar-refractivity contribution in [2.45, 2.75) is 56.4 Å². The van der Waals surface area contributed by atoms with Gasteiger partial charge in [0.25, 0.3) is 22.9 Å². The van der Waals surface area contributed by atoms with Crippen molar-refractivity contribution in [2.24, 2.45) is 0 Å². The van der Waals surface area contributed by atoms with Gasteiger partial charge in [0.1, 0.15) is 28.6 Å². The van der Waals surface area contributed by atoms with Crippen molar-refractivity contribution in [3.8, 4) is 23.7 Å². The number of piperidine rings is 2. The number of carbonyl (C=O) groups excluding carboxylic acids is 2. The summed E-state index contributed by atoms with van der Waals surface area (Å²) < 4.78 is 53.4. The third-order valence-corrected chi connectivity index (χ3v) is 15.2. The molecule has 0 saturated carbocycles. The van der Waals surface area contributed by atoms with Crippen molar-refractivity contribution in [1.82, 2.24) is 54.5 Å². The van der Waals surface area contributed by atoms with Crippen LogP contribution in [0, 0.1) is 41.1 Å². The van der Waals surface area contributed by atoms with Gasteiger partial charge in [-0.05, 0) is 110 Å². The van der Waals surface area contributed by atoms with E-state index in [1.165, 1.54) is 53.5 Å². The molecule has 87 heavy (non-hydrogen) atoms. The Kier molecular flexibility index (Phi) is 20.4. The number of anilines is 2. The number of carbonyl (C=O) groups is 2. The van der Waals surface area contributed by atoms with Crippen LogP contribution in [0.1, 0.15) is 74.7 Å². The van der Waals surface area contributed by atoms with Gasteiger partial charge >= 0.3 is 0 Å². The van der Waals surface area contributed by atoms with Gasteiger partial charge in [-0.25, -0.2) is 28.1 Å². The molecule has 1 atom stereocenters. The van der Waals surface area contributed by atoms with Crippen LogP contribution in [0.3, 0.4) is 0 Å². The van der Waals surface area contributed by atoms with Gasteiger partial charge in [-0.1, -0.05) is 41.9 Å². The van der Waals surface area contributed by atoms with Gasteiger partial charge in [0.2, 0.25) is 0 Å². The fourth-order valence-electron chi connectivity index (χ4n) is 10.4. The standard InChI is InChI=1S/C33H35FN6O4.C31H29F2N7O3/c1-44-18-17-39-15-11-26(12-16-39)37-31-21-36-28-10-9-23(19-29(28)38-31)5-3-13-35-32(42)27-8-4-14-40(33(27)43)30(22-41)24-6-2-7-25(34)20-24;32-25-5-3-21(12-26(25)33)16-40-19-34-14-24(31(40)42)30(41)35-9-1-2-20-4-6-27-28(13-20)38-29(15-36-27)37-22-7-10-39(11-8-22)23-17-43-18-23/h2,4,6-10,14,19-21,26,30,41H,11-13,15-18,22H2,1H3,(H,35,42)(H,37,38);3-6,12-15,19,22-23H,7-11,16-18H2,(H,35,41)(H,37,38)/t30-;/m1./s1. The van der Waals surface area contributed by atoms with Crippen LogP contribution in [-0.2, 0) is 16.0 Å². The zero-order valence-electron chi connectivity index (χ0n) is 47.7. The Morgan fingerprint density at radius 1 is 0.713 bits per heavy atom. The SMILES string of the molecule is COCCN1CCC(Nc2cnc3ccc(C#CCNC(=O)c4cccn([C@H](CO)c5cccc(F)c5)c4=O)cc3n2)CC1.O=C(NCC#Cc1ccc2ncc(NC3CCN(C4COC4)CC3)nc2c1)c1cncn(Cc2ccc(F)c(F)c2)c1=O. The number of likely N-dealkylation sites (tertiary alicyclic amines) is 2. The molecule has 8 aromatic rings. The van der Waals surface area contributed by atoms with Crippen LogP contribution >= 0.6 is 0 Å². The fraction of sp³-hybridized carbons (Fsp3) is 0.328. The maximum absolute atomic E-state index is 13.7. The van der Waals surface area contributed by atoms with E-state index in [9.17, 15) is 37.5 Å². The molecule has 11 rings (SSSR count). The van der Waals surface area contributed by atoms with Gasteiger partial charge in [-0.15, -0.1) is 0 Å². The molecule has 4 aromatic carbocycles. The first-order valence-electron chi connectivity index (χ1n) is 28.6. The molecule has 3 saturated heterocycles. The number of nitrogens with one attached hydrogen (secondary N) is 4. The molecule has 3 aliphatic heterocycles. The molecule has 0 radical (unpaired) electrons. The Morgan fingerprint density at radius 2 is 1.34 bits per heavy atom. The maximum atomic E-state index is 13.7. The minimum atomic E-state index is -1.02. The Balaban J connectivity index is 0.000000193. The molecule has 7 heterocycles. The van der Waals surface area contributed by atoms with Crippen LogP contribution in [0.15, 0.2) is 132 Å². The molecule has 2 amide bonds. The van der Waals surface area contributed by atoms with Crippen LogP contribution in [0.5, 0.6) is 0 Å². The number of fused-ring (bicyclic) bond motifs is 2. The van der Waals surface area contributed by atoms with E-state index in [0.29, 0.717) is 51.4 Å². The van der Waals surface area contributed by atoms with Crippen molar-refractivity contribution >= 4 is 45.5 Å². The quantitative estimate of drug-likeness (QED) is 0.0720. The highest BCUT2D eigenvalue weighted by Gasteiger charge is 2.30. The van der Waals surface area contributed by atoms with Crippen LogP contribution in [-0.4, -0.2) is 158 Å². The zero-order valence-corrected chi connectivity index (χ0v) is 47.7. The van der Waals surface area contributed by atoms with E-state index in [0.717, 1.165) is 124 Å². The molecule has 0 spiro atoms. The number of amides is 2. The first kappa shape index (κ1) is 60.8. The van der Waals surface area contributed by atoms with E-state index in [1.54, 1.807) is 25.6 Å². The predicted molar refractivity (Wildman–Crippen MR) is 322 cm³/mol. The summed E-state index contributed by atoms with van der Waals surface area (Å²) in [5.74, 6) is 9.56. The lowest BCUT2D eigenvalue weighted by atomic mass is 10.0. The lowest BCUT2D eigenvalue weighted by molar-refractivity contribution is -0.0705. The number of benzene rings is 4. The summed E-state index contributed by atoms with van der Waals surface area (Å²) >= 11 is 0. The average Bonchev–Trinajstić information content (AvgIpc) is 3.72. The summed E-state index contributed by atoms with van der Waals surface area (Å²) in [5, 5.41) is 22.2. The van der Waals surface area contributed by atoms with E-state index in [2.05, 4.69) is 69.7 Å². The molecule has 4 aromatic heterocycles. The third kappa shape index (κ3) is 15.9. The number of methoxy groups -OCH3 is 1. The molecule has 0 aliphatic carbocycles. The fourth-order valence-corrected chi connectivity index (χ4v) is 10.4. The molecule has 448 valence electrons. The van der Waals surface area contributed by atoms with Crippen LogP contribution in [0.4, 0.5) is 24.8 Å². The highest BCUT2D eigenvalue weighted by Crippen LogP contribution is 2.23. The lowest BCUT2D eigenvalue weighted by Gasteiger charge is -2.41. The Bertz CT molecular complexity index is 4010. The summed E-state index contributed by atoms with van der Waals surface area (Å²) in [6.45, 7) is 6.95. The number of halogens is 3. The van der Waals surface area contributed by atoms with Crippen molar-refractivity contribution in [2.75, 3.05) is 90.0 Å². The van der Waals surface area contributed by atoms with E-state index < -0.39 is 53.0 Å². The summed E-state index contributed by atoms with van der Waals surface area (Å²) in [4.78, 5) is 78.7. The van der Waals surface area contributed by atoms with Crippen molar-refractivity contribution < 1.29 is 37.3 Å². The Labute approximate surface area is 499 Å². The maximum Gasteiger partial charge on any atom is 0.266 e. The van der Waals surface area contributed by atoms with Gasteiger partial charge in [-0.2, -0.15) is 0 Å². The number of hydrogen-bond donors (Lipinski definition) is 5. The second-order valence-corrected chi connectivity index (χ2v) is 21.2. The number of aliphatic hydroxyl groups excluding tert-OH is 1. The first-order chi connectivity index (χ1) is 42.4. The van der Waals surface area contributed by atoms with Crippen molar-refractivity contribution in [1.29, 1.82) is 0 Å².